The summed E-state index contributed by atoms with van der Waals surface area (Å²) in [6.07, 6.45) is 2.86. The molecule has 1 amide bonds. The average Bonchev–Trinajstić information content (AvgIpc) is 3.52. The van der Waals surface area contributed by atoms with E-state index in [1.807, 2.05) is 18.2 Å². The Morgan fingerprint density at radius 2 is 1.89 bits per heavy atom. The zero-order chi connectivity index (χ0) is 24.7. The highest BCUT2D eigenvalue weighted by Gasteiger charge is 2.61. The van der Waals surface area contributed by atoms with Gasteiger partial charge in [-0.15, -0.1) is 0 Å². The number of fused-ring (bicyclic) bond motifs is 1. The lowest BCUT2D eigenvalue weighted by atomic mass is 9.93. The summed E-state index contributed by atoms with van der Waals surface area (Å²) in [4.78, 5) is 39.7. The predicted molar refractivity (Wildman–Crippen MR) is 122 cm³/mol. The molecule has 2 aliphatic carbocycles. The maximum atomic E-state index is 12.7. The van der Waals surface area contributed by atoms with Gasteiger partial charge >= 0.3 is 23.8 Å². The standard InChI is InChI=1S/C25H26ClNO8/c1-3-31-22(28)25(23(29)32-4-2)34-19-11-15-9-18(10-16(15)12-20(19)35-25)27-13-21(33-24(27)30)14-6-5-7-17(26)8-14/h5-8,11,16,18,21H,3-4,9-10,12-13H2,1-2H3/t16?,18?,21-/m0/s1. The van der Waals surface area contributed by atoms with Gasteiger partial charge < -0.3 is 28.6 Å². The van der Waals surface area contributed by atoms with Crippen LogP contribution in [0, 0.1) is 5.92 Å². The Morgan fingerprint density at radius 1 is 1.14 bits per heavy atom. The van der Waals surface area contributed by atoms with Crippen LogP contribution in [0.5, 0.6) is 0 Å². The van der Waals surface area contributed by atoms with Crippen LogP contribution in [0.15, 0.2) is 47.4 Å². The fraction of sp³-hybridized carbons (Fsp3) is 0.480. The predicted octanol–water partition coefficient (Wildman–Crippen LogP) is 4.02. The van der Waals surface area contributed by atoms with Crippen molar-refractivity contribution in [2.75, 3.05) is 19.8 Å². The summed E-state index contributed by atoms with van der Waals surface area (Å²) < 4.78 is 27.3. The fourth-order valence-corrected chi connectivity index (χ4v) is 5.29. The van der Waals surface area contributed by atoms with Crippen molar-refractivity contribution in [3.05, 3.63) is 58.0 Å². The zero-order valence-corrected chi connectivity index (χ0v) is 20.2. The Bertz CT molecular complexity index is 1110. The lowest BCUT2D eigenvalue weighted by Crippen LogP contribution is -2.50. The second-order valence-electron chi connectivity index (χ2n) is 8.84. The van der Waals surface area contributed by atoms with Crippen LogP contribution in [0.4, 0.5) is 4.79 Å². The first-order valence-electron chi connectivity index (χ1n) is 11.7. The van der Waals surface area contributed by atoms with E-state index in [-0.39, 0.29) is 37.4 Å². The van der Waals surface area contributed by atoms with E-state index in [1.165, 1.54) is 0 Å². The fourth-order valence-electron chi connectivity index (χ4n) is 5.09. The first-order chi connectivity index (χ1) is 16.8. The van der Waals surface area contributed by atoms with E-state index in [0.717, 1.165) is 11.1 Å². The topological polar surface area (TPSA) is 101 Å². The highest BCUT2D eigenvalue weighted by molar-refractivity contribution is 6.30. The molecule has 0 spiro atoms. The van der Waals surface area contributed by atoms with E-state index < -0.39 is 17.7 Å². The summed E-state index contributed by atoms with van der Waals surface area (Å²) >= 11 is 6.10. The second kappa shape index (κ2) is 9.11. The molecule has 5 rings (SSSR count). The van der Waals surface area contributed by atoms with Gasteiger partial charge in [-0.3, -0.25) is 0 Å². The van der Waals surface area contributed by atoms with Crippen molar-refractivity contribution < 1.29 is 38.1 Å². The first-order valence-corrected chi connectivity index (χ1v) is 12.1. The monoisotopic (exact) mass is 503 g/mol. The number of benzene rings is 1. The summed E-state index contributed by atoms with van der Waals surface area (Å²) in [5, 5.41) is 0.594. The van der Waals surface area contributed by atoms with Gasteiger partial charge in [0.1, 0.15) is 11.9 Å². The van der Waals surface area contributed by atoms with Crippen LogP contribution >= 0.6 is 11.6 Å². The molecule has 2 aliphatic heterocycles. The first kappa shape index (κ1) is 23.5. The molecule has 2 unspecified atom stereocenters. The van der Waals surface area contributed by atoms with Crippen LogP contribution in [0.3, 0.4) is 0 Å². The minimum atomic E-state index is -2.28. The molecule has 3 atom stereocenters. The number of rotatable bonds is 6. The Kier molecular flexibility index (Phi) is 6.13. The van der Waals surface area contributed by atoms with Gasteiger partial charge in [0.25, 0.3) is 0 Å². The number of hydrogen-bond acceptors (Lipinski definition) is 8. The number of carbonyl (C=O) groups is 3. The third-order valence-corrected chi connectivity index (χ3v) is 6.92. The van der Waals surface area contributed by atoms with E-state index in [1.54, 1.807) is 30.9 Å². The Morgan fingerprint density at radius 3 is 2.57 bits per heavy atom. The normalized spacial score (nSPS) is 26.3. The van der Waals surface area contributed by atoms with Crippen LogP contribution in [0.25, 0.3) is 0 Å². The molecule has 9 nitrogen and oxygen atoms in total. The number of esters is 2. The van der Waals surface area contributed by atoms with Crippen LogP contribution in [-0.4, -0.2) is 54.5 Å². The van der Waals surface area contributed by atoms with Gasteiger partial charge in [-0.25, -0.2) is 14.4 Å². The van der Waals surface area contributed by atoms with E-state index in [9.17, 15) is 14.4 Å². The maximum Gasteiger partial charge on any atom is 0.453 e. The van der Waals surface area contributed by atoms with Gasteiger partial charge in [0.15, 0.2) is 5.76 Å². The third-order valence-electron chi connectivity index (χ3n) is 6.69. The van der Waals surface area contributed by atoms with E-state index >= 15 is 0 Å². The quantitative estimate of drug-likeness (QED) is 0.326. The molecule has 4 aliphatic rings. The van der Waals surface area contributed by atoms with Crippen LogP contribution in [-0.2, 0) is 33.3 Å². The van der Waals surface area contributed by atoms with Crippen molar-refractivity contribution in [1.29, 1.82) is 0 Å². The molecule has 0 aromatic heterocycles. The van der Waals surface area contributed by atoms with Gasteiger partial charge in [-0.05, 0) is 56.4 Å². The summed E-state index contributed by atoms with van der Waals surface area (Å²) in [7, 11) is 0. The highest BCUT2D eigenvalue weighted by Crippen LogP contribution is 2.48. The molecule has 35 heavy (non-hydrogen) atoms. The van der Waals surface area contributed by atoms with Gasteiger partial charge in [0, 0.05) is 17.5 Å². The van der Waals surface area contributed by atoms with Gasteiger partial charge in [-0.2, -0.15) is 0 Å². The molecular weight excluding hydrogens is 478 g/mol. The average molecular weight is 504 g/mol. The molecule has 1 saturated carbocycles. The molecular formula is C25H26ClNO8. The van der Waals surface area contributed by atoms with Crippen molar-refractivity contribution in [1.82, 2.24) is 4.90 Å². The molecule has 186 valence electrons. The molecule has 0 bridgehead atoms. The van der Waals surface area contributed by atoms with Gasteiger partial charge in [0.05, 0.1) is 19.8 Å². The number of amides is 1. The van der Waals surface area contributed by atoms with Crippen molar-refractivity contribution in [2.24, 2.45) is 5.92 Å². The van der Waals surface area contributed by atoms with Crippen molar-refractivity contribution in [2.45, 2.75) is 51.0 Å². The summed E-state index contributed by atoms with van der Waals surface area (Å²) in [6, 6.07) is 7.28. The van der Waals surface area contributed by atoms with E-state index in [4.69, 9.17) is 35.3 Å². The Balaban J connectivity index is 1.30. The van der Waals surface area contributed by atoms with Gasteiger partial charge in [-0.1, -0.05) is 29.3 Å². The van der Waals surface area contributed by atoms with E-state index in [2.05, 4.69) is 0 Å². The van der Waals surface area contributed by atoms with Gasteiger partial charge in [0.2, 0.25) is 0 Å². The number of carbonyl (C=O) groups excluding carboxylic acids is 3. The Hall–Kier alpha value is -3.20. The molecule has 1 saturated heterocycles. The highest BCUT2D eigenvalue weighted by atomic mass is 35.5. The Labute approximate surface area is 207 Å². The number of hydrogen-bond donors (Lipinski definition) is 0. The molecule has 1 aromatic rings. The van der Waals surface area contributed by atoms with E-state index in [0.29, 0.717) is 42.3 Å². The van der Waals surface area contributed by atoms with Crippen molar-refractivity contribution in [3.63, 3.8) is 0 Å². The number of ether oxygens (including phenoxy) is 5. The lowest BCUT2D eigenvalue weighted by molar-refractivity contribution is -0.220. The minimum Gasteiger partial charge on any atom is -0.460 e. The molecule has 2 fully saturated rings. The summed E-state index contributed by atoms with van der Waals surface area (Å²) in [5.41, 5.74) is 1.93. The van der Waals surface area contributed by atoms with Crippen molar-refractivity contribution in [3.8, 4) is 0 Å². The lowest BCUT2D eigenvalue weighted by Gasteiger charge is -2.24. The number of halogens is 1. The smallest absolute Gasteiger partial charge is 0.453 e. The molecule has 1 aromatic carbocycles. The number of cyclic esters (lactones) is 1. The number of nitrogens with zero attached hydrogens (tertiary/aromatic N) is 1. The summed E-state index contributed by atoms with van der Waals surface area (Å²) in [5.74, 6) is -3.36. The SMILES string of the molecule is CCOC(=O)C1(C(=O)OCC)OC2=C(CC3CC(N4C[C@@H](c5cccc(Cl)c5)OC4=O)CC3=C2)O1. The minimum absolute atomic E-state index is 0.0390. The van der Waals surface area contributed by atoms with Crippen LogP contribution < -0.4 is 0 Å². The van der Waals surface area contributed by atoms with Crippen molar-refractivity contribution >= 4 is 29.6 Å². The van der Waals surface area contributed by atoms with Crippen LogP contribution in [0.2, 0.25) is 5.02 Å². The van der Waals surface area contributed by atoms with Crippen LogP contribution in [0.1, 0.15) is 44.8 Å². The molecule has 2 heterocycles. The molecule has 0 radical (unpaired) electrons. The molecule has 10 heteroatoms. The zero-order valence-electron chi connectivity index (χ0n) is 19.5. The number of allylic oxidation sites excluding steroid dienone is 2. The third kappa shape index (κ3) is 4.11. The summed E-state index contributed by atoms with van der Waals surface area (Å²) in [6.45, 7) is 3.83. The maximum absolute atomic E-state index is 12.7. The second-order valence-corrected chi connectivity index (χ2v) is 9.28. The molecule has 0 N–H and O–H groups in total. The largest absolute Gasteiger partial charge is 0.460 e.